The SMILES string of the molecule is CC1C2CC(S(=O)(=O)c3cc(C(=O)Nc4cc(F)c(F)c(F)c4)ccc3Cl)CC1C2(O)C(O)C(O)C(C)(C)O. The van der Waals surface area contributed by atoms with Gasteiger partial charge >= 0.3 is 0 Å². The molecule has 8 nitrogen and oxygen atoms in total. The number of sulfone groups is 1. The third kappa shape index (κ3) is 4.95. The summed E-state index contributed by atoms with van der Waals surface area (Å²) >= 11 is 6.20. The van der Waals surface area contributed by atoms with Gasteiger partial charge in [-0.25, -0.2) is 21.6 Å². The zero-order chi connectivity index (χ0) is 29.2. The third-order valence-electron chi connectivity index (χ3n) is 8.17. The molecule has 4 unspecified atom stereocenters. The van der Waals surface area contributed by atoms with Gasteiger partial charge in [-0.15, -0.1) is 0 Å². The van der Waals surface area contributed by atoms with Crippen molar-refractivity contribution in [3.63, 3.8) is 0 Å². The number of halogens is 4. The van der Waals surface area contributed by atoms with Gasteiger partial charge in [-0.1, -0.05) is 18.5 Å². The highest BCUT2D eigenvalue weighted by molar-refractivity contribution is 7.92. The molecule has 39 heavy (non-hydrogen) atoms. The summed E-state index contributed by atoms with van der Waals surface area (Å²) in [5, 5.41) is 43.5. The second kappa shape index (κ2) is 10.0. The molecule has 3 saturated carbocycles. The molecule has 0 radical (unpaired) electrons. The number of aliphatic hydroxyl groups is 4. The molecule has 214 valence electrons. The minimum absolute atomic E-state index is 0.0764. The van der Waals surface area contributed by atoms with Gasteiger partial charge < -0.3 is 25.7 Å². The largest absolute Gasteiger partial charge is 0.388 e. The van der Waals surface area contributed by atoms with Crippen molar-refractivity contribution < 1.29 is 46.8 Å². The molecule has 2 aromatic carbocycles. The van der Waals surface area contributed by atoms with E-state index in [4.69, 9.17) is 11.6 Å². The second-order valence-electron chi connectivity index (χ2n) is 11.0. The van der Waals surface area contributed by atoms with E-state index >= 15 is 0 Å². The van der Waals surface area contributed by atoms with Gasteiger partial charge in [-0.2, -0.15) is 0 Å². The maximum Gasteiger partial charge on any atom is 0.255 e. The van der Waals surface area contributed by atoms with Crippen LogP contribution in [0.2, 0.25) is 5.02 Å². The Kier molecular flexibility index (Phi) is 7.63. The van der Waals surface area contributed by atoms with Gasteiger partial charge in [0.05, 0.1) is 26.4 Å². The average Bonchev–Trinajstić information content (AvgIpc) is 2.86. The zero-order valence-corrected chi connectivity index (χ0v) is 22.8. The molecular weight excluding hydrogens is 563 g/mol. The fraction of sp³-hybridized carbons (Fsp3) is 0.500. The van der Waals surface area contributed by atoms with E-state index in [1.165, 1.54) is 26.0 Å². The number of nitrogens with one attached hydrogen (secondary N) is 1. The molecule has 5 N–H and O–H groups in total. The first-order valence-electron chi connectivity index (χ1n) is 12.2. The van der Waals surface area contributed by atoms with Crippen LogP contribution in [0.3, 0.4) is 0 Å². The molecular formula is C26H29ClF3NO7S. The standard InChI is InChI=1S/C26H29ClF3NO7S/c1-11-15-9-14(10-16(11)26(15,36)23(33)22(32)25(2,3)35)39(37,38)20-6-12(4-5-17(20)27)24(34)31-13-7-18(28)21(30)19(29)8-13/h4-8,11,14-16,22-23,32-33,35-36H,9-10H2,1-3H3,(H,31,34). The lowest BCUT2D eigenvalue weighted by Crippen LogP contribution is -2.75. The molecule has 0 spiro atoms. The van der Waals surface area contributed by atoms with Crippen molar-refractivity contribution in [3.05, 3.63) is 58.4 Å². The highest BCUT2D eigenvalue weighted by atomic mass is 35.5. The van der Waals surface area contributed by atoms with E-state index in [2.05, 4.69) is 5.32 Å². The van der Waals surface area contributed by atoms with Crippen molar-refractivity contribution in [1.29, 1.82) is 0 Å². The van der Waals surface area contributed by atoms with Crippen molar-refractivity contribution in [2.24, 2.45) is 17.8 Å². The summed E-state index contributed by atoms with van der Waals surface area (Å²) in [5.74, 6) is -7.26. The monoisotopic (exact) mass is 591 g/mol. The van der Waals surface area contributed by atoms with Gasteiger partial charge in [0, 0.05) is 23.4 Å². The fourth-order valence-electron chi connectivity index (χ4n) is 5.95. The van der Waals surface area contributed by atoms with Crippen LogP contribution < -0.4 is 5.32 Å². The molecule has 2 bridgehead atoms. The highest BCUT2D eigenvalue weighted by Crippen LogP contribution is 2.61. The number of hydrogen-bond acceptors (Lipinski definition) is 7. The predicted octanol–water partition coefficient (Wildman–Crippen LogP) is 3.05. The van der Waals surface area contributed by atoms with Crippen molar-refractivity contribution in [2.45, 2.75) is 67.2 Å². The molecule has 3 aliphatic carbocycles. The minimum Gasteiger partial charge on any atom is -0.388 e. The van der Waals surface area contributed by atoms with Gasteiger partial charge in [-0.05, 0) is 62.6 Å². The summed E-state index contributed by atoms with van der Waals surface area (Å²) in [6.45, 7) is 4.36. The van der Waals surface area contributed by atoms with Gasteiger partial charge in [-0.3, -0.25) is 4.79 Å². The first-order valence-corrected chi connectivity index (χ1v) is 14.1. The minimum atomic E-state index is -4.18. The first kappa shape index (κ1) is 29.8. The quantitative estimate of drug-likeness (QED) is 0.311. The van der Waals surface area contributed by atoms with E-state index in [1.54, 1.807) is 6.92 Å². The number of carbonyl (C=O) groups is 1. The van der Waals surface area contributed by atoms with Crippen LogP contribution in [-0.2, 0) is 9.84 Å². The van der Waals surface area contributed by atoms with Crippen LogP contribution in [0.25, 0.3) is 0 Å². The molecule has 3 fully saturated rings. The number of amides is 1. The average molecular weight is 592 g/mol. The van der Waals surface area contributed by atoms with E-state index in [-0.39, 0.29) is 39.9 Å². The maximum absolute atomic E-state index is 13.6. The molecule has 0 aromatic heterocycles. The van der Waals surface area contributed by atoms with E-state index in [9.17, 15) is 46.8 Å². The Morgan fingerprint density at radius 3 is 2.15 bits per heavy atom. The van der Waals surface area contributed by atoms with E-state index in [1.807, 2.05) is 0 Å². The lowest BCUT2D eigenvalue weighted by molar-refractivity contribution is -0.291. The number of hydrogen-bond donors (Lipinski definition) is 5. The van der Waals surface area contributed by atoms with Crippen LogP contribution in [0.4, 0.5) is 18.9 Å². The lowest BCUT2D eigenvalue weighted by Gasteiger charge is -2.65. The molecule has 3 aliphatic rings. The summed E-state index contributed by atoms with van der Waals surface area (Å²) in [6.07, 6.45) is -3.55. The Morgan fingerprint density at radius 2 is 1.64 bits per heavy atom. The van der Waals surface area contributed by atoms with Crippen LogP contribution in [0, 0.1) is 35.2 Å². The predicted molar refractivity (Wildman–Crippen MR) is 135 cm³/mol. The van der Waals surface area contributed by atoms with E-state index in [0.29, 0.717) is 12.1 Å². The Morgan fingerprint density at radius 1 is 1.10 bits per heavy atom. The molecule has 0 saturated heterocycles. The second-order valence-corrected chi connectivity index (χ2v) is 13.6. The Balaban J connectivity index is 1.58. The number of rotatable bonds is 7. The van der Waals surface area contributed by atoms with Crippen molar-refractivity contribution in [1.82, 2.24) is 0 Å². The number of fused-ring (bicyclic) bond motifs is 2. The van der Waals surface area contributed by atoms with Gasteiger partial charge in [0.1, 0.15) is 12.2 Å². The maximum atomic E-state index is 13.6. The number of carbonyl (C=O) groups excluding carboxylic acids is 1. The number of anilines is 1. The Labute approximate surface area is 228 Å². The normalized spacial score (nSPS) is 28.4. The topological polar surface area (TPSA) is 144 Å². The molecule has 2 aromatic rings. The Bertz CT molecular complexity index is 1380. The number of benzene rings is 2. The molecule has 4 atom stereocenters. The van der Waals surface area contributed by atoms with Crippen LogP contribution in [-0.4, -0.2) is 63.4 Å². The van der Waals surface area contributed by atoms with Crippen LogP contribution in [0.5, 0.6) is 0 Å². The number of aliphatic hydroxyl groups excluding tert-OH is 2. The third-order valence-corrected chi connectivity index (χ3v) is 10.8. The molecule has 13 heteroatoms. The van der Waals surface area contributed by atoms with Crippen LogP contribution >= 0.6 is 11.6 Å². The molecule has 0 heterocycles. The van der Waals surface area contributed by atoms with Crippen molar-refractivity contribution >= 4 is 33.0 Å². The zero-order valence-electron chi connectivity index (χ0n) is 21.2. The van der Waals surface area contributed by atoms with Crippen molar-refractivity contribution in [2.75, 3.05) is 5.32 Å². The Hall–Kier alpha value is -2.22. The van der Waals surface area contributed by atoms with Gasteiger partial charge in [0.2, 0.25) is 0 Å². The summed E-state index contributed by atoms with van der Waals surface area (Å²) in [4.78, 5) is 12.3. The molecule has 0 aliphatic heterocycles. The summed E-state index contributed by atoms with van der Waals surface area (Å²) in [6, 6.07) is 4.56. The summed E-state index contributed by atoms with van der Waals surface area (Å²) in [7, 11) is -4.18. The van der Waals surface area contributed by atoms with E-state index in [0.717, 1.165) is 6.07 Å². The van der Waals surface area contributed by atoms with Crippen LogP contribution in [0.1, 0.15) is 44.0 Å². The van der Waals surface area contributed by atoms with Gasteiger partial charge in [0.15, 0.2) is 27.3 Å². The van der Waals surface area contributed by atoms with Gasteiger partial charge in [0.25, 0.3) is 5.91 Å². The summed E-state index contributed by atoms with van der Waals surface area (Å²) < 4.78 is 67.5. The lowest BCUT2D eigenvalue weighted by atomic mass is 9.45. The molecule has 1 amide bonds. The van der Waals surface area contributed by atoms with Crippen LogP contribution in [0.15, 0.2) is 35.2 Å². The smallest absolute Gasteiger partial charge is 0.255 e. The first-order chi connectivity index (χ1) is 17.9. The fourth-order valence-corrected chi connectivity index (χ4v) is 8.30. The molecule has 5 rings (SSSR count). The van der Waals surface area contributed by atoms with Crippen molar-refractivity contribution in [3.8, 4) is 0 Å². The highest BCUT2D eigenvalue weighted by Gasteiger charge is 2.68. The summed E-state index contributed by atoms with van der Waals surface area (Å²) in [5.41, 5.74) is -4.11. The van der Waals surface area contributed by atoms with E-state index < -0.39 is 73.7 Å².